The first-order valence-corrected chi connectivity index (χ1v) is 17.9. The first kappa shape index (κ1) is 43.4. The van der Waals surface area contributed by atoms with Crippen LogP contribution in [0.15, 0.2) is 47.5 Å². The second-order valence-electron chi connectivity index (χ2n) is 13.3. The van der Waals surface area contributed by atoms with Gasteiger partial charge < -0.3 is 44.5 Å². The molecule has 1 aromatic heterocycles. The van der Waals surface area contributed by atoms with Crippen LogP contribution in [-0.2, 0) is 39.8 Å². The molecule has 1 aromatic carbocycles. The van der Waals surface area contributed by atoms with E-state index >= 15 is 0 Å². The molecular formula is C36H54N4O10S. The number of hydrogen-bond donors (Lipinski definition) is 5. The lowest BCUT2D eigenvalue weighted by Crippen LogP contribution is -2.31. The molecule has 0 fully saturated rings. The van der Waals surface area contributed by atoms with Crippen molar-refractivity contribution in [2.75, 3.05) is 70.7 Å². The Hall–Kier alpha value is -3.76. The summed E-state index contributed by atoms with van der Waals surface area (Å²) in [6.07, 6.45) is 6.22. The van der Waals surface area contributed by atoms with Crippen LogP contribution in [0.4, 0.5) is 5.82 Å². The minimum Gasteiger partial charge on any atom is -0.481 e. The van der Waals surface area contributed by atoms with E-state index in [1.807, 2.05) is 0 Å². The smallest absolute Gasteiger partial charge is 0.329 e. The van der Waals surface area contributed by atoms with Gasteiger partial charge >= 0.3 is 11.9 Å². The van der Waals surface area contributed by atoms with Crippen LogP contribution in [0.25, 0.3) is 0 Å². The molecule has 0 spiro atoms. The highest BCUT2D eigenvalue weighted by Crippen LogP contribution is 2.37. The van der Waals surface area contributed by atoms with E-state index in [1.54, 1.807) is 26.0 Å². The summed E-state index contributed by atoms with van der Waals surface area (Å²) in [4.78, 5) is 51.3. The lowest BCUT2D eigenvalue weighted by molar-refractivity contribution is -0.148. The predicted octanol–water partition coefficient (Wildman–Crippen LogP) is 4.44. The zero-order chi connectivity index (χ0) is 37.5. The molecule has 0 radical (unpaired) electrons. The standard InChI is InChI=1S/C36H54N4O10S/c1-35(2,26-36(3,4)34(45)46)14-6-5-7-27-8-11-29(12-9-27)51-40-30-13-10-28(23-39-30)33(44)38-16-18-48-19-21-49-24-31(41)37-15-17-47-20-22-50-25-32(42)43/h8-13,23H,5-7,14-22,24-26H2,1-4H3,(H,37,41)(H,38,44)(H,39,40)(H,42,43)(H,45,46). The molecule has 2 amide bonds. The maximum atomic E-state index is 12.4. The molecule has 5 N–H and O–H groups in total. The fourth-order valence-electron chi connectivity index (χ4n) is 5.13. The molecule has 0 aliphatic rings. The molecular weight excluding hydrogens is 680 g/mol. The number of carboxylic acids is 2. The number of aryl methyl sites for hydroxylation is 1. The van der Waals surface area contributed by atoms with E-state index in [4.69, 9.17) is 24.1 Å². The maximum absolute atomic E-state index is 12.4. The average molecular weight is 735 g/mol. The lowest BCUT2D eigenvalue weighted by Gasteiger charge is -2.32. The molecule has 51 heavy (non-hydrogen) atoms. The number of nitrogens with zero attached hydrogens (tertiary/aromatic N) is 1. The van der Waals surface area contributed by atoms with E-state index in [1.165, 1.54) is 23.7 Å². The molecule has 0 aliphatic heterocycles. The Bertz CT molecular complexity index is 1340. The lowest BCUT2D eigenvalue weighted by atomic mass is 9.72. The van der Waals surface area contributed by atoms with Gasteiger partial charge in [0, 0.05) is 24.2 Å². The number of nitrogens with one attached hydrogen (secondary N) is 3. The zero-order valence-corrected chi connectivity index (χ0v) is 31.0. The number of carboxylic acid groups (broad SMARTS) is 2. The Morgan fingerprint density at radius 1 is 0.765 bits per heavy atom. The summed E-state index contributed by atoms with van der Waals surface area (Å²) < 4.78 is 23.9. The van der Waals surface area contributed by atoms with Gasteiger partial charge in [-0.2, -0.15) is 0 Å². The van der Waals surface area contributed by atoms with E-state index in [0.717, 1.165) is 30.6 Å². The number of benzene rings is 1. The van der Waals surface area contributed by atoms with Crippen LogP contribution in [0.3, 0.4) is 0 Å². The third-order valence-electron chi connectivity index (χ3n) is 7.59. The van der Waals surface area contributed by atoms with Gasteiger partial charge in [-0.05, 0) is 86.7 Å². The Morgan fingerprint density at radius 2 is 1.39 bits per heavy atom. The molecule has 0 saturated heterocycles. The quantitative estimate of drug-likeness (QED) is 0.0609. The van der Waals surface area contributed by atoms with Gasteiger partial charge in [-0.1, -0.05) is 32.4 Å². The number of unbranched alkanes of at least 4 members (excludes halogenated alkanes) is 1. The third kappa shape index (κ3) is 20.0. The monoisotopic (exact) mass is 734 g/mol. The summed E-state index contributed by atoms with van der Waals surface area (Å²) in [5.41, 5.74) is 0.944. The van der Waals surface area contributed by atoms with Gasteiger partial charge in [0.05, 0.1) is 50.6 Å². The summed E-state index contributed by atoms with van der Waals surface area (Å²) in [6, 6.07) is 11.8. The molecule has 284 valence electrons. The zero-order valence-electron chi connectivity index (χ0n) is 30.2. The van der Waals surface area contributed by atoms with Crippen LogP contribution in [-0.4, -0.2) is 105 Å². The minimum absolute atomic E-state index is 0.0223. The summed E-state index contributed by atoms with van der Waals surface area (Å²) >= 11 is 1.44. The highest BCUT2D eigenvalue weighted by Gasteiger charge is 2.34. The molecule has 0 bridgehead atoms. The van der Waals surface area contributed by atoms with Crippen molar-refractivity contribution in [3.63, 3.8) is 0 Å². The molecule has 15 heteroatoms. The van der Waals surface area contributed by atoms with Crippen LogP contribution >= 0.6 is 11.9 Å². The Labute approximate surface area is 304 Å². The van der Waals surface area contributed by atoms with E-state index in [0.29, 0.717) is 30.9 Å². The molecule has 1 heterocycles. The number of pyridine rings is 1. The van der Waals surface area contributed by atoms with Crippen molar-refractivity contribution < 1.29 is 48.3 Å². The number of carbonyl (C=O) groups excluding carboxylic acids is 2. The van der Waals surface area contributed by atoms with E-state index < -0.39 is 17.4 Å². The average Bonchev–Trinajstić information content (AvgIpc) is 3.08. The van der Waals surface area contributed by atoms with Gasteiger partial charge in [-0.25, -0.2) is 9.78 Å². The van der Waals surface area contributed by atoms with Gasteiger partial charge in [-0.15, -0.1) is 0 Å². The first-order valence-electron chi connectivity index (χ1n) is 17.1. The molecule has 0 atom stereocenters. The van der Waals surface area contributed by atoms with Crippen molar-refractivity contribution in [3.8, 4) is 0 Å². The fourth-order valence-corrected chi connectivity index (χ4v) is 5.75. The second kappa shape index (κ2) is 23.7. The van der Waals surface area contributed by atoms with Crippen LogP contribution in [0.1, 0.15) is 69.3 Å². The number of carbonyl (C=O) groups is 4. The van der Waals surface area contributed by atoms with Gasteiger partial charge in [0.1, 0.15) is 19.0 Å². The summed E-state index contributed by atoms with van der Waals surface area (Å²) in [5.74, 6) is -1.72. The van der Waals surface area contributed by atoms with E-state index in [2.05, 4.69) is 58.5 Å². The highest BCUT2D eigenvalue weighted by atomic mass is 32.2. The first-order chi connectivity index (χ1) is 24.3. The molecule has 0 unspecified atom stereocenters. The molecule has 2 aromatic rings. The summed E-state index contributed by atoms with van der Waals surface area (Å²) in [5, 5.41) is 23.3. The van der Waals surface area contributed by atoms with Crippen molar-refractivity contribution in [2.45, 2.75) is 64.7 Å². The van der Waals surface area contributed by atoms with Crippen molar-refractivity contribution in [1.82, 2.24) is 15.6 Å². The predicted molar refractivity (Wildman–Crippen MR) is 194 cm³/mol. The van der Waals surface area contributed by atoms with Crippen LogP contribution in [0, 0.1) is 10.8 Å². The number of aromatic nitrogens is 1. The van der Waals surface area contributed by atoms with Crippen LogP contribution < -0.4 is 15.4 Å². The normalized spacial score (nSPS) is 11.6. The largest absolute Gasteiger partial charge is 0.481 e. The van der Waals surface area contributed by atoms with E-state index in [9.17, 15) is 24.3 Å². The third-order valence-corrected chi connectivity index (χ3v) is 8.41. The molecule has 0 saturated carbocycles. The molecule has 14 nitrogen and oxygen atoms in total. The van der Waals surface area contributed by atoms with Crippen LogP contribution in [0.5, 0.6) is 0 Å². The number of ether oxygens (including phenoxy) is 4. The number of hydrogen-bond acceptors (Lipinski definition) is 11. The number of rotatable bonds is 28. The van der Waals surface area contributed by atoms with Gasteiger partial charge in [-0.3, -0.25) is 14.4 Å². The summed E-state index contributed by atoms with van der Waals surface area (Å²) in [6.45, 7) is 9.41. The molecule has 0 aliphatic carbocycles. The SMILES string of the molecule is CC(C)(CCCCc1ccc(SNc2ccc(C(=O)NCCOCCOCC(=O)NCCOCCOCC(=O)O)cn2)cc1)CC(C)(C)C(=O)O. The second-order valence-corrected chi connectivity index (χ2v) is 14.2. The van der Waals surface area contributed by atoms with Gasteiger partial charge in [0.2, 0.25) is 5.91 Å². The Morgan fingerprint density at radius 3 is 2.00 bits per heavy atom. The molecule has 2 rings (SSSR count). The number of aliphatic carboxylic acids is 2. The Balaban J connectivity index is 1.52. The fraction of sp³-hybridized carbons (Fsp3) is 0.583. The number of amides is 2. The number of anilines is 1. The van der Waals surface area contributed by atoms with Gasteiger partial charge in [0.25, 0.3) is 5.91 Å². The topological polar surface area (TPSA) is 195 Å². The maximum Gasteiger partial charge on any atom is 0.329 e. The highest BCUT2D eigenvalue weighted by molar-refractivity contribution is 8.00. The van der Waals surface area contributed by atoms with Crippen LogP contribution in [0.2, 0.25) is 0 Å². The summed E-state index contributed by atoms with van der Waals surface area (Å²) in [7, 11) is 0. The minimum atomic E-state index is -1.04. The van der Waals surface area contributed by atoms with Crippen molar-refractivity contribution in [1.29, 1.82) is 0 Å². The Kier molecular flexibility index (Phi) is 20.1. The van der Waals surface area contributed by atoms with Crippen molar-refractivity contribution in [2.24, 2.45) is 10.8 Å². The van der Waals surface area contributed by atoms with Gasteiger partial charge in [0.15, 0.2) is 0 Å². The van der Waals surface area contributed by atoms with E-state index in [-0.39, 0.29) is 70.1 Å². The van der Waals surface area contributed by atoms with Crippen molar-refractivity contribution in [3.05, 3.63) is 53.7 Å². The van der Waals surface area contributed by atoms with Crippen molar-refractivity contribution >= 4 is 41.5 Å².